The molecule has 15 heavy (non-hydrogen) atoms. The van der Waals surface area contributed by atoms with Crippen LogP contribution in [-0.2, 0) is 9.36 Å². The van der Waals surface area contributed by atoms with Crippen LogP contribution in [0.1, 0.15) is 20.3 Å². The fourth-order valence-corrected chi connectivity index (χ4v) is 1.26. The van der Waals surface area contributed by atoms with Crippen LogP contribution in [0.3, 0.4) is 0 Å². The van der Waals surface area contributed by atoms with Gasteiger partial charge in [-0.15, -0.1) is 0 Å². The molecule has 92 valence electrons. The number of carboxylic acids is 1. The van der Waals surface area contributed by atoms with Gasteiger partial charge in [0.1, 0.15) is 6.04 Å². The molecule has 7 heteroatoms. The molecule has 0 fully saturated rings. The summed E-state index contributed by atoms with van der Waals surface area (Å²) < 4.78 is 10.6. The first kappa shape index (κ1) is 17.0. The standard InChI is InChI=1S/C5H12NO4P.C3H9N/c1-11(9,10)3-2-4(6)5(7)8;1-3(2)4/h4H,2-3,6H2,1H3,(H,7,8)(H,9,10);3H,4H2,1-2H3. The first-order valence-electron chi connectivity index (χ1n) is 4.59. The minimum absolute atomic E-state index is 0.0412. The molecule has 0 radical (unpaired) electrons. The Kier molecular flexibility index (Phi) is 8.86. The lowest BCUT2D eigenvalue weighted by Crippen LogP contribution is -2.30. The lowest BCUT2D eigenvalue weighted by Gasteiger charge is -2.07. The van der Waals surface area contributed by atoms with Gasteiger partial charge in [0, 0.05) is 12.8 Å². The summed E-state index contributed by atoms with van der Waals surface area (Å²) in [6.07, 6.45) is 0.0000772. The smallest absolute Gasteiger partial charge is 0.320 e. The third-order valence-corrected chi connectivity index (χ3v) is 2.26. The van der Waals surface area contributed by atoms with Gasteiger partial charge in [-0.1, -0.05) is 13.8 Å². The molecule has 0 rings (SSSR count). The van der Waals surface area contributed by atoms with Gasteiger partial charge in [0.2, 0.25) is 0 Å². The summed E-state index contributed by atoms with van der Waals surface area (Å²) in [7, 11) is -3.10. The molecule has 6 N–H and O–H groups in total. The number of hydrogen-bond donors (Lipinski definition) is 4. The van der Waals surface area contributed by atoms with Crippen LogP contribution >= 0.6 is 7.37 Å². The van der Waals surface area contributed by atoms with Gasteiger partial charge in [0.15, 0.2) is 7.37 Å². The minimum atomic E-state index is -3.10. The lowest BCUT2D eigenvalue weighted by molar-refractivity contribution is -0.138. The van der Waals surface area contributed by atoms with E-state index in [1.54, 1.807) is 0 Å². The van der Waals surface area contributed by atoms with Crippen LogP contribution in [0, 0.1) is 0 Å². The van der Waals surface area contributed by atoms with Crippen LogP contribution in [-0.4, -0.2) is 40.9 Å². The predicted molar refractivity (Wildman–Crippen MR) is 60.2 cm³/mol. The molecule has 0 bridgehead atoms. The third kappa shape index (κ3) is 19.8. The van der Waals surface area contributed by atoms with E-state index >= 15 is 0 Å². The Labute approximate surface area is 90.1 Å². The van der Waals surface area contributed by atoms with Crippen molar-refractivity contribution in [2.45, 2.75) is 32.4 Å². The quantitative estimate of drug-likeness (QED) is 0.514. The first-order chi connectivity index (χ1) is 6.56. The van der Waals surface area contributed by atoms with Gasteiger partial charge >= 0.3 is 5.97 Å². The Hall–Kier alpha value is -0.420. The van der Waals surface area contributed by atoms with Crippen molar-refractivity contribution >= 4 is 13.3 Å². The van der Waals surface area contributed by atoms with E-state index < -0.39 is 19.4 Å². The zero-order valence-corrected chi connectivity index (χ0v) is 10.3. The average Bonchev–Trinajstić information content (AvgIpc) is 1.97. The second-order valence-corrected chi connectivity index (χ2v) is 6.30. The van der Waals surface area contributed by atoms with Gasteiger partial charge in [-0.25, -0.2) is 0 Å². The number of nitrogens with two attached hydrogens (primary N) is 2. The van der Waals surface area contributed by atoms with Crippen LogP contribution in [0.4, 0.5) is 0 Å². The molecular weight excluding hydrogens is 219 g/mol. The molecule has 0 saturated heterocycles. The number of carboxylic acid groups (broad SMARTS) is 1. The van der Waals surface area contributed by atoms with Crippen LogP contribution < -0.4 is 11.5 Å². The summed E-state index contributed by atoms with van der Waals surface area (Å²) in [6, 6.07) is -0.699. The van der Waals surface area contributed by atoms with E-state index in [9.17, 15) is 9.36 Å². The molecular formula is C8H21N2O4P. The van der Waals surface area contributed by atoms with Crippen molar-refractivity contribution in [1.29, 1.82) is 0 Å². The molecule has 0 aliphatic rings. The molecule has 0 spiro atoms. The van der Waals surface area contributed by atoms with Crippen LogP contribution in [0.2, 0.25) is 0 Å². The molecule has 0 aliphatic heterocycles. The molecule has 0 aromatic heterocycles. The van der Waals surface area contributed by atoms with Crippen molar-refractivity contribution in [3.05, 3.63) is 0 Å². The SMILES string of the molecule is CC(C)N.CP(=O)(O)CCC(N)C(=O)O. The molecule has 0 heterocycles. The van der Waals surface area contributed by atoms with Crippen molar-refractivity contribution in [2.75, 3.05) is 12.8 Å². The van der Waals surface area contributed by atoms with Crippen molar-refractivity contribution in [3.8, 4) is 0 Å². The first-order valence-corrected chi connectivity index (χ1v) is 6.88. The molecule has 0 aliphatic carbocycles. The summed E-state index contributed by atoms with van der Waals surface area (Å²) >= 11 is 0. The number of hydrogen-bond acceptors (Lipinski definition) is 4. The van der Waals surface area contributed by atoms with Gasteiger partial charge < -0.3 is 21.5 Å². The second-order valence-electron chi connectivity index (χ2n) is 3.75. The van der Waals surface area contributed by atoms with Gasteiger partial charge in [0.05, 0.1) is 0 Å². The Morgan fingerprint density at radius 2 is 1.73 bits per heavy atom. The zero-order chi connectivity index (χ0) is 12.6. The number of rotatable bonds is 4. The highest BCUT2D eigenvalue weighted by Crippen LogP contribution is 2.35. The Morgan fingerprint density at radius 1 is 1.40 bits per heavy atom. The highest BCUT2D eigenvalue weighted by atomic mass is 31.2. The molecule has 2 unspecified atom stereocenters. The normalized spacial score (nSPS) is 16.2. The lowest BCUT2D eigenvalue weighted by atomic mass is 10.2. The predicted octanol–water partition coefficient (Wildman–Crippen LogP) is 0.0421. The second kappa shape index (κ2) is 7.82. The van der Waals surface area contributed by atoms with E-state index in [0.717, 1.165) is 0 Å². The van der Waals surface area contributed by atoms with E-state index in [4.69, 9.17) is 21.5 Å². The maximum atomic E-state index is 10.6. The molecule has 0 saturated carbocycles. The van der Waals surface area contributed by atoms with Crippen LogP contribution in [0.5, 0.6) is 0 Å². The number of aliphatic carboxylic acids is 1. The summed E-state index contributed by atoms with van der Waals surface area (Å²) in [5.74, 6) is -1.14. The molecule has 2 atom stereocenters. The van der Waals surface area contributed by atoms with E-state index in [2.05, 4.69) is 0 Å². The van der Waals surface area contributed by atoms with Gasteiger partial charge in [0.25, 0.3) is 0 Å². The topological polar surface area (TPSA) is 127 Å². The summed E-state index contributed by atoms with van der Waals surface area (Å²) in [5, 5.41) is 8.28. The fraction of sp³-hybridized carbons (Fsp3) is 0.875. The van der Waals surface area contributed by atoms with Crippen molar-refractivity contribution in [2.24, 2.45) is 11.5 Å². The minimum Gasteiger partial charge on any atom is -0.480 e. The Bertz CT molecular complexity index is 224. The summed E-state index contributed by atoms with van der Waals surface area (Å²) in [5.41, 5.74) is 10.2. The van der Waals surface area contributed by atoms with Gasteiger partial charge in [-0.3, -0.25) is 9.36 Å². The van der Waals surface area contributed by atoms with Crippen LogP contribution in [0.15, 0.2) is 0 Å². The van der Waals surface area contributed by atoms with E-state index in [1.165, 1.54) is 6.66 Å². The third-order valence-electron chi connectivity index (χ3n) is 1.17. The van der Waals surface area contributed by atoms with E-state index in [1.807, 2.05) is 13.8 Å². The highest BCUT2D eigenvalue weighted by Gasteiger charge is 2.16. The number of carbonyl (C=O) groups is 1. The van der Waals surface area contributed by atoms with Gasteiger partial charge in [-0.2, -0.15) is 0 Å². The summed E-state index contributed by atoms with van der Waals surface area (Å²) in [6.45, 7) is 5.07. The monoisotopic (exact) mass is 240 g/mol. The fourth-order valence-electron chi connectivity index (χ4n) is 0.502. The highest BCUT2D eigenvalue weighted by molar-refractivity contribution is 7.57. The zero-order valence-electron chi connectivity index (χ0n) is 9.38. The van der Waals surface area contributed by atoms with E-state index in [-0.39, 0.29) is 12.6 Å². The molecule has 6 nitrogen and oxygen atoms in total. The van der Waals surface area contributed by atoms with E-state index in [0.29, 0.717) is 6.04 Å². The Morgan fingerprint density at radius 3 is 1.93 bits per heavy atom. The van der Waals surface area contributed by atoms with Crippen LogP contribution in [0.25, 0.3) is 0 Å². The van der Waals surface area contributed by atoms with Crippen molar-refractivity contribution in [3.63, 3.8) is 0 Å². The van der Waals surface area contributed by atoms with Gasteiger partial charge in [-0.05, 0) is 12.5 Å². The van der Waals surface area contributed by atoms with Crippen molar-refractivity contribution < 1.29 is 19.4 Å². The Balaban J connectivity index is 0. The molecule has 0 aromatic rings. The maximum absolute atomic E-state index is 10.6. The molecule has 0 amide bonds. The molecule has 0 aromatic carbocycles. The maximum Gasteiger partial charge on any atom is 0.320 e. The van der Waals surface area contributed by atoms with Crippen molar-refractivity contribution in [1.82, 2.24) is 0 Å². The largest absolute Gasteiger partial charge is 0.480 e. The average molecular weight is 240 g/mol. The summed E-state index contributed by atoms with van der Waals surface area (Å²) in [4.78, 5) is 18.9.